The molecule has 0 atom stereocenters. The van der Waals surface area contributed by atoms with E-state index in [4.69, 9.17) is 0 Å². The molecule has 0 saturated carbocycles. The largest absolute Gasteiger partial charge is 0.374 e. The average Bonchev–Trinajstić information content (AvgIpc) is 2.85. The maximum Gasteiger partial charge on any atom is 0.136 e. The van der Waals surface area contributed by atoms with E-state index < -0.39 is 11.6 Å². The molecule has 2 aromatic rings. The number of benzene rings is 1. The predicted octanol–water partition coefficient (Wildman–Crippen LogP) is 3.93. The molecule has 0 bridgehead atoms. The van der Waals surface area contributed by atoms with E-state index in [0.29, 0.717) is 5.75 Å². The van der Waals surface area contributed by atoms with Gasteiger partial charge >= 0.3 is 0 Å². The second-order valence-corrected chi connectivity index (χ2v) is 5.61. The Kier molecular flexibility index (Phi) is 5.09. The van der Waals surface area contributed by atoms with Gasteiger partial charge in [-0.05, 0) is 24.6 Å². The molecular weight excluding hydrogens is 288 g/mol. The maximum atomic E-state index is 13.5. The van der Waals surface area contributed by atoms with Crippen LogP contribution in [0.5, 0.6) is 0 Å². The highest BCUT2D eigenvalue weighted by atomic mass is 32.2. The van der Waals surface area contributed by atoms with Crippen LogP contribution in [0.3, 0.4) is 0 Å². The SMILES string of the molecule is CCCNc1snnc1CSc1cc(F)ccc1F. The summed E-state index contributed by atoms with van der Waals surface area (Å²) in [4.78, 5) is 0.287. The van der Waals surface area contributed by atoms with E-state index in [0.717, 1.165) is 35.8 Å². The van der Waals surface area contributed by atoms with Gasteiger partial charge in [0.1, 0.15) is 22.3 Å². The number of nitrogens with zero attached hydrogens (tertiary/aromatic N) is 2. The third kappa shape index (κ3) is 3.87. The number of hydrogen-bond donors (Lipinski definition) is 1. The zero-order valence-electron chi connectivity index (χ0n) is 10.3. The van der Waals surface area contributed by atoms with Crippen molar-refractivity contribution in [1.82, 2.24) is 9.59 Å². The standard InChI is InChI=1S/C12H13F2N3S2/c1-2-5-15-12-10(16-17-19-12)7-18-11-6-8(13)3-4-9(11)14/h3-4,6,15H,2,5,7H2,1H3. The van der Waals surface area contributed by atoms with Crippen LogP contribution in [0.4, 0.5) is 13.8 Å². The van der Waals surface area contributed by atoms with Crippen LogP contribution in [0.1, 0.15) is 19.0 Å². The highest BCUT2D eigenvalue weighted by Gasteiger charge is 2.10. The van der Waals surface area contributed by atoms with Gasteiger partial charge in [0.15, 0.2) is 0 Å². The van der Waals surface area contributed by atoms with Crippen LogP contribution in [0.15, 0.2) is 23.1 Å². The first-order valence-electron chi connectivity index (χ1n) is 5.83. The second-order valence-electron chi connectivity index (χ2n) is 3.84. The fourth-order valence-electron chi connectivity index (χ4n) is 1.41. The van der Waals surface area contributed by atoms with Crippen LogP contribution in [-0.2, 0) is 5.75 Å². The highest BCUT2D eigenvalue weighted by Crippen LogP contribution is 2.29. The van der Waals surface area contributed by atoms with Crippen molar-refractivity contribution in [3.8, 4) is 0 Å². The summed E-state index contributed by atoms with van der Waals surface area (Å²) in [7, 11) is 0. The van der Waals surface area contributed by atoms with Gasteiger partial charge in [0.25, 0.3) is 0 Å². The minimum absolute atomic E-state index is 0.287. The van der Waals surface area contributed by atoms with Gasteiger partial charge in [0.05, 0.1) is 0 Å². The van der Waals surface area contributed by atoms with Crippen LogP contribution >= 0.6 is 23.3 Å². The van der Waals surface area contributed by atoms with Crippen LogP contribution in [0.2, 0.25) is 0 Å². The van der Waals surface area contributed by atoms with Crippen LogP contribution < -0.4 is 5.32 Å². The summed E-state index contributed by atoms with van der Waals surface area (Å²) in [6.45, 7) is 2.91. The fourth-order valence-corrected chi connectivity index (χ4v) is 3.00. The second kappa shape index (κ2) is 6.81. The number of hydrogen-bond acceptors (Lipinski definition) is 5. The zero-order chi connectivity index (χ0) is 13.7. The van der Waals surface area contributed by atoms with Gasteiger partial charge in [-0.2, -0.15) is 0 Å². The minimum atomic E-state index is -0.440. The van der Waals surface area contributed by atoms with Gasteiger partial charge in [-0.3, -0.25) is 0 Å². The monoisotopic (exact) mass is 301 g/mol. The van der Waals surface area contributed by atoms with Crippen molar-refractivity contribution in [2.75, 3.05) is 11.9 Å². The van der Waals surface area contributed by atoms with Crippen molar-refractivity contribution in [3.63, 3.8) is 0 Å². The molecule has 1 aromatic heterocycles. The van der Waals surface area contributed by atoms with Gasteiger partial charge in [-0.25, -0.2) is 8.78 Å². The summed E-state index contributed by atoms with van der Waals surface area (Å²) in [5.74, 6) is -0.398. The Bertz CT molecular complexity index is 546. The molecule has 0 spiro atoms. The van der Waals surface area contributed by atoms with Crippen LogP contribution in [0.25, 0.3) is 0 Å². The van der Waals surface area contributed by atoms with E-state index >= 15 is 0 Å². The lowest BCUT2D eigenvalue weighted by Crippen LogP contribution is -2.00. The lowest BCUT2D eigenvalue weighted by atomic mass is 10.3. The van der Waals surface area contributed by atoms with Gasteiger partial charge in [-0.15, -0.1) is 16.9 Å². The minimum Gasteiger partial charge on any atom is -0.374 e. The van der Waals surface area contributed by atoms with Crippen molar-refractivity contribution in [2.45, 2.75) is 24.0 Å². The first-order chi connectivity index (χ1) is 9.20. The van der Waals surface area contributed by atoms with E-state index in [2.05, 4.69) is 21.8 Å². The summed E-state index contributed by atoms with van der Waals surface area (Å²) in [6.07, 6.45) is 1.00. The normalized spacial score (nSPS) is 10.7. The quantitative estimate of drug-likeness (QED) is 0.820. The third-order valence-electron chi connectivity index (χ3n) is 2.35. The smallest absolute Gasteiger partial charge is 0.136 e. The highest BCUT2D eigenvalue weighted by molar-refractivity contribution is 7.98. The van der Waals surface area contributed by atoms with Crippen LogP contribution in [0, 0.1) is 11.6 Å². The van der Waals surface area contributed by atoms with Crippen molar-refractivity contribution in [2.24, 2.45) is 0 Å². The summed E-state index contributed by atoms with van der Waals surface area (Å²) >= 11 is 2.49. The Morgan fingerprint density at radius 3 is 3.00 bits per heavy atom. The fraction of sp³-hybridized carbons (Fsp3) is 0.333. The maximum absolute atomic E-state index is 13.5. The summed E-state index contributed by atoms with van der Waals surface area (Å²) in [5, 5.41) is 8.12. The van der Waals surface area contributed by atoms with Crippen molar-refractivity contribution in [3.05, 3.63) is 35.5 Å². The molecule has 0 amide bonds. The van der Waals surface area contributed by atoms with Crippen molar-refractivity contribution >= 4 is 28.3 Å². The Morgan fingerprint density at radius 2 is 2.21 bits per heavy atom. The Morgan fingerprint density at radius 1 is 1.37 bits per heavy atom. The predicted molar refractivity (Wildman–Crippen MR) is 74.6 cm³/mol. The molecule has 0 fully saturated rings. The zero-order valence-corrected chi connectivity index (χ0v) is 12.0. The molecule has 3 nitrogen and oxygen atoms in total. The van der Waals surface area contributed by atoms with Crippen molar-refractivity contribution < 1.29 is 8.78 Å². The van der Waals surface area contributed by atoms with Gasteiger partial charge in [-0.1, -0.05) is 11.4 Å². The van der Waals surface area contributed by atoms with Crippen LogP contribution in [-0.4, -0.2) is 16.1 Å². The molecule has 1 aromatic carbocycles. The topological polar surface area (TPSA) is 37.8 Å². The molecule has 1 heterocycles. The molecule has 0 radical (unpaired) electrons. The summed E-state index contributed by atoms with van der Waals surface area (Å²) in [6, 6.07) is 3.43. The molecular formula is C12H13F2N3S2. The van der Waals surface area contributed by atoms with Crippen molar-refractivity contribution in [1.29, 1.82) is 0 Å². The number of halogens is 2. The molecule has 0 saturated heterocycles. The van der Waals surface area contributed by atoms with Gasteiger partial charge in [0, 0.05) is 28.7 Å². The lowest BCUT2D eigenvalue weighted by Gasteiger charge is -2.04. The summed E-state index contributed by atoms with van der Waals surface area (Å²) < 4.78 is 30.4. The Labute approximate surface area is 118 Å². The number of aromatic nitrogens is 2. The van der Waals surface area contributed by atoms with E-state index in [9.17, 15) is 8.78 Å². The number of anilines is 1. The summed E-state index contributed by atoms with van der Waals surface area (Å²) in [5.41, 5.74) is 0.770. The first kappa shape index (κ1) is 14.2. The number of thioether (sulfide) groups is 1. The molecule has 102 valence electrons. The average molecular weight is 301 g/mol. The molecule has 2 rings (SSSR count). The van der Waals surface area contributed by atoms with Gasteiger partial charge < -0.3 is 5.32 Å². The van der Waals surface area contributed by atoms with E-state index in [1.807, 2.05) is 0 Å². The third-order valence-corrected chi connectivity index (χ3v) is 4.12. The molecule has 0 aliphatic carbocycles. The number of rotatable bonds is 6. The molecule has 0 unspecified atom stereocenters. The molecule has 7 heteroatoms. The lowest BCUT2D eigenvalue weighted by molar-refractivity contribution is 0.577. The van der Waals surface area contributed by atoms with E-state index in [-0.39, 0.29) is 4.90 Å². The molecule has 1 N–H and O–H groups in total. The van der Waals surface area contributed by atoms with E-state index in [1.54, 1.807) is 0 Å². The van der Waals surface area contributed by atoms with E-state index in [1.165, 1.54) is 29.4 Å². The first-order valence-corrected chi connectivity index (χ1v) is 7.59. The molecule has 0 aliphatic heterocycles. The Balaban J connectivity index is 2.02. The van der Waals surface area contributed by atoms with Gasteiger partial charge in [0.2, 0.25) is 0 Å². The molecule has 19 heavy (non-hydrogen) atoms. The molecule has 0 aliphatic rings. The number of nitrogens with one attached hydrogen (secondary N) is 1. The Hall–Kier alpha value is -1.21.